The molecule has 19 heavy (non-hydrogen) atoms. The summed E-state index contributed by atoms with van der Waals surface area (Å²) in [6.45, 7) is 2.04. The Labute approximate surface area is 120 Å². The van der Waals surface area contributed by atoms with Gasteiger partial charge in [-0.15, -0.1) is 0 Å². The second kappa shape index (κ2) is 4.28. The standard InChI is InChI=1S/C14H17BrN4/c15-12-8-19-11(6-18-13(19)7-17-12)5-16-9-14(3-4-14)10-1-2-10/h6-8,10,16H,1-5,9H2. The maximum Gasteiger partial charge on any atom is 0.155 e. The third kappa shape index (κ3) is 2.19. The number of hydrogen-bond acceptors (Lipinski definition) is 3. The van der Waals surface area contributed by atoms with Gasteiger partial charge in [-0.05, 0) is 52.9 Å². The Morgan fingerprint density at radius 3 is 2.89 bits per heavy atom. The number of aromatic nitrogens is 3. The summed E-state index contributed by atoms with van der Waals surface area (Å²) in [5.74, 6) is 1.01. The van der Waals surface area contributed by atoms with Gasteiger partial charge < -0.3 is 5.32 Å². The predicted molar refractivity (Wildman–Crippen MR) is 76.8 cm³/mol. The third-order valence-electron chi connectivity index (χ3n) is 4.56. The SMILES string of the molecule is Brc1cn2c(CNCC3(C4CC4)CC3)cnc2cn1. The summed E-state index contributed by atoms with van der Waals surface area (Å²) >= 11 is 3.41. The molecule has 0 aliphatic heterocycles. The highest BCUT2D eigenvalue weighted by atomic mass is 79.9. The van der Waals surface area contributed by atoms with Gasteiger partial charge in [0.05, 0.1) is 18.1 Å². The van der Waals surface area contributed by atoms with Crippen molar-refractivity contribution in [3.63, 3.8) is 0 Å². The lowest BCUT2D eigenvalue weighted by Gasteiger charge is -2.14. The van der Waals surface area contributed by atoms with E-state index in [1.54, 1.807) is 6.20 Å². The molecule has 0 atom stereocenters. The Balaban J connectivity index is 1.45. The van der Waals surface area contributed by atoms with Crippen molar-refractivity contribution >= 4 is 21.6 Å². The molecular weight excluding hydrogens is 304 g/mol. The van der Waals surface area contributed by atoms with E-state index in [0.717, 1.165) is 29.3 Å². The Hall–Kier alpha value is -0.940. The first-order valence-electron chi connectivity index (χ1n) is 6.95. The van der Waals surface area contributed by atoms with Crippen LogP contribution in [0.1, 0.15) is 31.4 Å². The van der Waals surface area contributed by atoms with Crippen LogP contribution in [0.3, 0.4) is 0 Å². The zero-order valence-electron chi connectivity index (χ0n) is 10.8. The minimum atomic E-state index is 0.655. The smallest absolute Gasteiger partial charge is 0.155 e. The predicted octanol–water partition coefficient (Wildman–Crippen LogP) is 2.77. The fourth-order valence-electron chi connectivity index (χ4n) is 3.07. The zero-order chi connectivity index (χ0) is 12.9. The Morgan fingerprint density at radius 1 is 1.32 bits per heavy atom. The molecule has 0 unspecified atom stereocenters. The summed E-state index contributed by atoms with van der Waals surface area (Å²) in [7, 11) is 0. The first-order chi connectivity index (χ1) is 9.27. The molecule has 100 valence electrons. The van der Waals surface area contributed by atoms with Crippen LogP contribution in [-0.2, 0) is 6.54 Å². The van der Waals surface area contributed by atoms with Crippen molar-refractivity contribution in [1.29, 1.82) is 0 Å². The first kappa shape index (κ1) is 11.9. The van der Waals surface area contributed by atoms with Gasteiger partial charge in [-0.1, -0.05) is 0 Å². The molecule has 0 radical (unpaired) electrons. The lowest BCUT2D eigenvalue weighted by molar-refractivity contribution is 0.402. The van der Waals surface area contributed by atoms with Crippen LogP contribution in [-0.4, -0.2) is 20.9 Å². The van der Waals surface area contributed by atoms with Crippen LogP contribution in [0.25, 0.3) is 5.65 Å². The molecule has 0 aromatic carbocycles. The molecule has 5 heteroatoms. The van der Waals surface area contributed by atoms with E-state index in [1.807, 2.05) is 12.4 Å². The Kier molecular flexibility index (Phi) is 2.67. The van der Waals surface area contributed by atoms with Crippen LogP contribution in [0, 0.1) is 11.3 Å². The lowest BCUT2D eigenvalue weighted by atomic mass is 10.0. The molecule has 2 aliphatic carbocycles. The highest BCUT2D eigenvalue weighted by molar-refractivity contribution is 9.10. The van der Waals surface area contributed by atoms with E-state index >= 15 is 0 Å². The second-order valence-corrected chi connectivity index (χ2v) is 6.74. The van der Waals surface area contributed by atoms with Crippen molar-refractivity contribution in [3.05, 3.63) is 28.9 Å². The largest absolute Gasteiger partial charge is 0.311 e. The lowest BCUT2D eigenvalue weighted by Crippen LogP contribution is -2.25. The first-order valence-corrected chi connectivity index (χ1v) is 7.74. The number of nitrogens with zero attached hydrogens (tertiary/aromatic N) is 3. The fourth-order valence-corrected chi connectivity index (χ4v) is 3.38. The zero-order valence-corrected chi connectivity index (χ0v) is 12.4. The minimum Gasteiger partial charge on any atom is -0.311 e. The molecule has 4 rings (SSSR count). The van der Waals surface area contributed by atoms with Crippen molar-refractivity contribution in [2.45, 2.75) is 32.2 Å². The topological polar surface area (TPSA) is 42.2 Å². The van der Waals surface area contributed by atoms with Crippen LogP contribution in [0.2, 0.25) is 0 Å². The van der Waals surface area contributed by atoms with Crippen LogP contribution in [0.4, 0.5) is 0 Å². The molecule has 0 spiro atoms. The molecule has 0 amide bonds. The summed E-state index contributed by atoms with van der Waals surface area (Å²) in [6, 6.07) is 0. The fraction of sp³-hybridized carbons (Fsp3) is 0.571. The van der Waals surface area contributed by atoms with Gasteiger partial charge in [0.2, 0.25) is 0 Å². The van der Waals surface area contributed by atoms with Gasteiger partial charge in [-0.2, -0.15) is 0 Å². The summed E-state index contributed by atoms with van der Waals surface area (Å²) in [5, 5.41) is 3.63. The molecule has 2 heterocycles. The molecule has 4 nitrogen and oxygen atoms in total. The molecule has 2 aromatic rings. The summed E-state index contributed by atoms with van der Waals surface area (Å²) in [6.07, 6.45) is 11.5. The number of rotatable bonds is 5. The van der Waals surface area contributed by atoms with Gasteiger partial charge in [0.1, 0.15) is 4.60 Å². The van der Waals surface area contributed by atoms with Crippen LogP contribution in [0.15, 0.2) is 23.2 Å². The number of imidazole rings is 1. The van der Waals surface area contributed by atoms with E-state index in [0.29, 0.717) is 5.41 Å². The molecule has 2 saturated carbocycles. The van der Waals surface area contributed by atoms with E-state index < -0.39 is 0 Å². The number of hydrogen-bond donors (Lipinski definition) is 1. The van der Waals surface area contributed by atoms with E-state index in [4.69, 9.17) is 0 Å². The van der Waals surface area contributed by atoms with Crippen molar-refractivity contribution in [1.82, 2.24) is 19.7 Å². The highest BCUT2D eigenvalue weighted by Crippen LogP contribution is 2.60. The molecule has 0 saturated heterocycles. The van der Waals surface area contributed by atoms with Crippen LogP contribution >= 0.6 is 15.9 Å². The highest BCUT2D eigenvalue weighted by Gasteiger charge is 2.53. The molecule has 1 N–H and O–H groups in total. The van der Waals surface area contributed by atoms with Gasteiger partial charge in [-0.25, -0.2) is 9.97 Å². The van der Waals surface area contributed by atoms with E-state index in [1.165, 1.54) is 31.4 Å². The quantitative estimate of drug-likeness (QED) is 0.921. The van der Waals surface area contributed by atoms with E-state index in [2.05, 4.69) is 35.6 Å². The van der Waals surface area contributed by atoms with E-state index in [9.17, 15) is 0 Å². The van der Waals surface area contributed by atoms with Gasteiger partial charge in [0.25, 0.3) is 0 Å². The van der Waals surface area contributed by atoms with Gasteiger partial charge in [0.15, 0.2) is 5.65 Å². The summed E-state index contributed by atoms with van der Waals surface area (Å²) in [4.78, 5) is 8.57. The Bertz CT molecular complexity index is 613. The second-order valence-electron chi connectivity index (χ2n) is 5.93. The molecule has 0 bridgehead atoms. The third-order valence-corrected chi connectivity index (χ3v) is 4.97. The van der Waals surface area contributed by atoms with Gasteiger partial charge >= 0.3 is 0 Å². The maximum atomic E-state index is 4.38. The summed E-state index contributed by atoms with van der Waals surface area (Å²) < 4.78 is 2.94. The molecule has 2 aromatic heterocycles. The monoisotopic (exact) mass is 320 g/mol. The van der Waals surface area contributed by atoms with Crippen molar-refractivity contribution in [3.8, 4) is 0 Å². The van der Waals surface area contributed by atoms with Crippen molar-refractivity contribution in [2.24, 2.45) is 11.3 Å². The Morgan fingerprint density at radius 2 is 2.16 bits per heavy atom. The molecule has 2 aliphatic rings. The minimum absolute atomic E-state index is 0.655. The van der Waals surface area contributed by atoms with Gasteiger partial charge in [-0.3, -0.25) is 4.40 Å². The number of halogens is 1. The normalized spacial score (nSPS) is 20.9. The summed E-state index contributed by atoms with van der Waals surface area (Å²) in [5.41, 5.74) is 2.76. The molecular formula is C14H17BrN4. The number of nitrogens with one attached hydrogen (secondary N) is 1. The average molecular weight is 321 g/mol. The van der Waals surface area contributed by atoms with E-state index in [-0.39, 0.29) is 0 Å². The van der Waals surface area contributed by atoms with Crippen LogP contribution in [0.5, 0.6) is 0 Å². The number of fused-ring (bicyclic) bond motifs is 1. The van der Waals surface area contributed by atoms with Crippen LogP contribution < -0.4 is 5.32 Å². The molecule has 2 fully saturated rings. The van der Waals surface area contributed by atoms with Gasteiger partial charge in [0, 0.05) is 19.3 Å². The maximum absolute atomic E-state index is 4.38. The average Bonchev–Trinajstić information content (AvgIpc) is 3.29. The van der Waals surface area contributed by atoms with Crippen molar-refractivity contribution in [2.75, 3.05) is 6.54 Å². The van der Waals surface area contributed by atoms with Crippen molar-refractivity contribution < 1.29 is 0 Å².